The molecule has 0 saturated carbocycles. The van der Waals surface area contributed by atoms with Crippen LogP contribution in [0.25, 0.3) is 5.00 Å². The molecule has 1 aliphatic carbocycles. The Labute approximate surface area is 372 Å². The summed E-state index contributed by atoms with van der Waals surface area (Å²) in [5.74, 6) is 1.90. The number of phenolic OH excluding ortho intramolecular Hbond substituents is 1. The Balaban J connectivity index is 0.772. The second-order valence-corrected chi connectivity index (χ2v) is 19.5. The van der Waals surface area contributed by atoms with Gasteiger partial charge < -0.3 is 20.0 Å². The van der Waals surface area contributed by atoms with Gasteiger partial charge in [0, 0.05) is 84.1 Å². The highest BCUT2D eigenvalue weighted by atomic mass is 35.5. The van der Waals surface area contributed by atoms with Gasteiger partial charge in [-0.3, -0.25) is 14.5 Å². The van der Waals surface area contributed by atoms with Gasteiger partial charge in [-0.2, -0.15) is 0 Å². The van der Waals surface area contributed by atoms with Crippen LogP contribution in [0, 0.1) is 26.6 Å². The van der Waals surface area contributed by atoms with Gasteiger partial charge in [0.2, 0.25) is 0 Å². The maximum Gasteiger partial charge on any atom is 0.162 e. The summed E-state index contributed by atoms with van der Waals surface area (Å²) in [5, 5.41) is 32.9. The van der Waals surface area contributed by atoms with Crippen LogP contribution in [0.15, 0.2) is 89.9 Å². The lowest BCUT2D eigenvalue weighted by molar-refractivity contribution is -0.0173. The standard InChI is InChI=1S/C50H53ClFN7O2S/c1-30-32(3)62-49-45(30)47(53-31(2)48-55-54-33(4)59(48)49)35-7-12-38(13-8-35)57-21-19-50(61,20-22-57)29-56-23-25-58(26-24-56)39-14-17-43(44(51)28-39)46-41(34-5-10-37(52)11-6-34)16-9-36-27-40(60)15-18-42(36)46/h5-8,10-15,17-18,27-28,31,41,46,60-61H,9,16,19-26,29H2,1-4H3/t31-,41-,46+/m0/s1. The lowest BCUT2D eigenvalue weighted by atomic mass is 9.69. The van der Waals surface area contributed by atoms with Crippen LogP contribution in [0.3, 0.4) is 0 Å². The number of benzene rings is 4. The van der Waals surface area contributed by atoms with Gasteiger partial charge in [-0.25, -0.2) is 4.39 Å². The zero-order valence-electron chi connectivity index (χ0n) is 35.8. The molecule has 0 spiro atoms. The first-order valence-corrected chi connectivity index (χ1v) is 23.1. The second-order valence-electron chi connectivity index (χ2n) is 17.8. The van der Waals surface area contributed by atoms with E-state index in [4.69, 9.17) is 16.6 Å². The van der Waals surface area contributed by atoms with Crippen LogP contribution in [0.2, 0.25) is 5.02 Å². The highest BCUT2D eigenvalue weighted by Gasteiger charge is 2.37. The predicted octanol–water partition coefficient (Wildman–Crippen LogP) is 9.68. The molecule has 3 atom stereocenters. The molecule has 9 nitrogen and oxygen atoms in total. The molecule has 62 heavy (non-hydrogen) atoms. The van der Waals surface area contributed by atoms with Gasteiger partial charge in [-0.05, 0) is 136 Å². The number of piperazine rings is 1. The number of rotatable bonds is 7. The second kappa shape index (κ2) is 16.2. The first-order valence-electron chi connectivity index (χ1n) is 22.0. The van der Waals surface area contributed by atoms with Crippen LogP contribution in [-0.2, 0) is 6.42 Å². The molecule has 12 heteroatoms. The average molecular weight is 871 g/mol. The summed E-state index contributed by atoms with van der Waals surface area (Å²) in [4.78, 5) is 13.7. The molecular weight excluding hydrogens is 817 g/mol. The summed E-state index contributed by atoms with van der Waals surface area (Å²) in [7, 11) is 0. The first kappa shape index (κ1) is 41.0. The number of phenols is 1. The number of thiophene rings is 1. The molecule has 2 saturated heterocycles. The normalized spacial score (nSPS) is 21.2. The minimum Gasteiger partial charge on any atom is -0.508 e. The summed E-state index contributed by atoms with van der Waals surface area (Å²) >= 11 is 8.97. The lowest BCUT2D eigenvalue weighted by Gasteiger charge is -2.44. The maximum atomic E-state index is 13.9. The van der Waals surface area contributed by atoms with E-state index in [1.165, 1.54) is 33.8 Å². The van der Waals surface area contributed by atoms with E-state index in [9.17, 15) is 14.6 Å². The van der Waals surface area contributed by atoms with E-state index < -0.39 is 5.60 Å². The number of piperidine rings is 1. The Morgan fingerprint density at radius 1 is 0.823 bits per heavy atom. The van der Waals surface area contributed by atoms with Gasteiger partial charge in [0.15, 0.2) is 5.82 Å². The highest BCUT2D eigenvalue weighted by molar-refractivity contribution is 7.15. The van der Waals surface area contributed by atoms with Crippen molar-refractivity contribution in [1.82, 2.24) is 19.7 Å². The van der Waals surface area contributed by atoms with Gasteiger partial charge >= 0.3 is 0 Å². The maximum absolute atomic E-state index is 13.9. The Kier molecular flexibility index (Phi) is 10.7. The van der Waals surface area contributed by atoms with Crippen molar-refractivity contribution in [3.05, 3.63) is 151 Å². The highest BCUT2D eigenvalue weighted by Crippen LogP contribution is 2.49. The Bertz CT molecular complexity index is 2660. The monoisotopic (exact) mass is 869 g/mol. The number of aromatic nitrogens is 3. The van der Waals surface area contributed by atoms with Crippen molar-refractivity contribution in [3.8, 4) is 10.8 Å². The molecule has 0 amide bonds. The van der Waals surface area contributed by atoms with Gasteiger partial charge in [-0.1, -0.05) is 48.0 Å². The molecule has 4 aromatic carbocycles. The number of aromatic hydroxyl groups is 1. The van der Waals surface area contributed by atoms with Crippen LogP contribution >= 0.6 is 22.9 Å². The molecule has 0 radical (unpaired) electrons. The number of nitrogens with zero attached hydrogens (tertiary/aromatic N) is 7. The molecule has 0 bridgehead atoms. The van der Waals surface area contributed by atoms with Crippen molar-refractivity contribution < 1.29 is 14.6 Å². The first-order chi connectivity index (χ1) is 29.9. The summed E-state index contributed by atoms with van der Waals surface area (Å²) in [5.41, 5.74) is 10.5. The summed E-state index contributed by atoms with van der Waals surface area (Å²) in [6, 6.07) is 27.6. The van der Waals surface area contributed by atoms with E-state index >= 15 is 0 Å². The third-order valence-corrected chi connectivity index (χ3v) is 15.5. The molecular formula is C50H53ClFN7O2S. The van der Waals surface area contributed by atoms with Crippen molar-refractivity contribution in [2.75, 3.05) is 55.6 Å². The minimum atomic E-state index is -0.731. The Hall–Kier alpha value is -5.07. The van der Waals surface area contributed by atoms with Crippen LogP contribution in [-0.4, -0.2) is 87.0 Å². The minimum absolute atomic E-state index is 0.0153. The zero-order chi connectivity index (χ0) is 42.9. The number of hydrogen-bond donors (Lipinski definition) is 2. The fourth-order valence-corrected chi connectivity index (χ4v) is 12.0. The topological polar surface area (TPSA) is 93.2 Å². The van der Waals surface area contributed by atoms with E-state index in [1.54, 1.807) is 17.4 Å². The van der Waals surface area contributed by atoms with Gasteiger partial charge in [0.05, 0.1) is 11.3 Å². The van der Waals surface area contributed by atoms with Gasteiger partial charge in [0.1, 0.15) is 28.4 Å². The largest absolute Gasteiger partial charge is 0.508 e. The molecule has 2 fully saturated rings. The van der Waals surface area contributed by atoms with Gasteiger partial charge in [-0.15, -0.1) is 21.5 Å². The summed E-state index contributed by atoms with van der Waals surface area (Å²) in [6.07, 6.45) is 3.15. The molecule has 320 valence electrons. The smallest absolute Gasteiger partial charge is 0.162 e. The van der Waals surface area contributed by atoms with E-state index in [1.807, 2.05) is 31.2 Å². The molecule has 3 aliphatic heterocycles. The summed E-state index contributed by atoms with van der Waals surface area (Å²) < 4.78 is 16.1. The SMILES string of the molecule is Cc1sc2c(c1C)C(c1ccc(N3CCC(O)(CN4CCN(c5ccc([C@H]6c7ccc(O)cc7CC[C@H]6c6ccc(F)cc6)c(Cl)c5)CC4)CC3)cc1)=N[C@@H](C)c1nnc(C)n1-2. The molecule has 2 N–H and O–H groups in total. The Morgan fingerprint density at radius 3 is 2.24 bits per heavy atom. The van der Waals surface area contributed by atoms with Crippen molar-refractivity contribution in [2.45, 2.75) is 76.9 Å². The van der Waals surface area contributed by atoms with Crippen molar-refractivity contribution in [3.63, 3.8) is 0 Å². The van der Waals surface area contributed by atoms with E-state index in [0.29, 0.717) is 19.4 Å². The number of halogens is 2. The average Bonchev–Trinajstić information content (AvgIpc) is 3.76. The number of aliphatic hydroxyl groups is 1. The quantitative estimate of drug-likeness (QED) is 0.165. The number of hydrogen-bond acceptors (Lipinski definition) is 9. The number of fused-ring (bicyclic) bond motifs is 4. The third kappa shape index (κ3) is 7.50. The number of β-amino-alcohol motifs (C(OH)–C–C–N with tert-alkyl or cyclic N) is 1. The van der Waals surface area contributed by atoms with E-state index in [0.717, 1.165) is 113 Å². The lowest BCUT2D eigenvalue weighted by Crippen LogP contribution is -2.55. The van der Waals surface area contributed by atoms with Crippen molar-refractivity contribution in [1.29, 1.82) is 0 Å². The number of anilines is 2. The third-order valence-electron chi connectivity index (χ3n) is 14.0. The van der Waals surface area contributed by atoms with Crippen LogP contribution in [0.4, 0.5) is 15.8 Å². The van der Waals surface area contributed by atoms with Gasteiger partial charge in [0.25, 0.3) is 0 Å². The number of aryl methyl sites for hydroxylation is 3. The Morgan fingerprint density at radius 2 is 1.52 bits per heavy atom. The predicted molar refractivity (Wildman–Crippen MR) is 248 cm³/mol. The fraction of sp³-hybridized carbons (Fsp3) is 0.380. The van der Waals surface area contributed by atoms with E-state index in [2.05, 4.69) is 92.7 Å². The van der Waals surface area contributed by atoms with Crippen molar-refractivity contribution >= 4 is 40.0 Å². The van der Waals surface area contributed by atoms with Crippen molar-refractivity contribution in [2.24, 2.45) is 4.99 Å². The van der Waals surface area contributed by atoms with Crippen LogP contribution in [0.1, 0.15) is 99.5 Å². The molecule has 4 aliphatic rings. The molecule has 0 unspecified atom stereocenters. The summed E-state index contributed by atoms with van der Waals surface area (Å²) in [6.45, 7) is 14.2. The zero-order valence-corrected chi connectivity index (χ0v) is 37.4. The van der Waals surface area contributed by atoms with E-state index in [-0.39, 0.29) is 29.4 Å². The molecule has 6 aromatic rings. The number of aliphatic imine (C=N–C) groups is 1. The fourth-order valence-electron chi connectivity index (χ4n) is 10.5. The molecule has 5 heterocycles. The molecule has 2 aromatic heterocycles. The van der Waals surface area contributed by atoms with Crippen LogP contribution in [0.5, 0.6) is 5.75 Å². The van der Waals surface area contributed by atoms with Crippen LogP contribution < -0.4 is 9.80 Å². The molecule has 10 rings (SSSR count).